The van der Waals surface area contributed by atoms with E-state index in [4.69, 9.17) is 16.7 Å². The first-order chi connectivity index (χ1) is 8.20. The van der Waals surface area contributed by atoms with Gasteiger partial charge in [-0.05, 0) is 18.2 Å². The van der Waals surface area contributed by atoms with E-state index in [1.807, 2.05) is 24.3 Å². The number of aromatic nitrogens is 1. The van der Waals surface area contributed by atoms with E-state index in [-0.39, 0.29) is 13.2 Å². The van der Waals surface area contributed by atoms with Gasteiger partial charge < -0.3 is 15.5 Å². The van der Waals surface area contributed by atoms with Crippen molar-refractivity contribution in [2.24, 2.45) is 0 Å². The minimum absolute atomic E-state index is 0.268. The highest BCUT2D eigenvalue weighted by molar-refractivity contribution is 6.29. The quantitative estimate of drug-likeness (QED) is 0.724. The third kappa shape index (κ3) is 2.85. The second kappa shape index (κ2) is 5.31. The third-order valence-electron chi connectivity index (χ3n) is 2.43. The second-order valence-corrected chi connectivity index (χ2v) is 4.12. The van der Waals surface area contributed by atoms with Crippen LogP contribution < -0.4 is 5.32 Å². The van der Waals surface area contributed by atoms with Gasteiger partial charge >= 0.3 is 0 Å². The molecule has 0 aliphatic heterocycles. The normalized spacial score (nSPS) is 12.6. The van der Waals surface area contributed by atoms with Crippen molar-refractivity contribution < 1.29 is 10.2 Å². The fourth-order valence-electron chi connectivity index (χ4n) is 1.56. The minimum Gasteiger partial charge on any atom is -0.394 e. The van der Waals surface area contributed by atoms with E-state index < -0.39 is 6.10 Å². The molecule has 17 heavy (non-hydrogen) atoms. The zero-order valence-electron chi connectivity index (χ0n) is 9.10. The Morgan fingerprint density at radius 3 is 2.88 bits per heavy atom. The molecule has 5 heteroatoms. The Labute approximate surface area is 104 Å². The number of nitrogens with zero attached hydrogens (tertiary/aromatic N) is 1. The summed E-state index contributed by atoms with van der Waals surface area (Å²) in [7, 11) is 0. The van der Waals surface area contributed by atoms with Crippen LogP contribution in [0.4, 0.5) is 5.69 Å². The van der Waals surface area contributed by atoms with Gasteiger partial charge in [0.25, 0.3) is 0 Å². The lowest BCUT2D eigenvalue weighted by atomic mass is 10.2. The molecule has 3 N–H and O–H groups in total. The number of benzene rings is 1. The fraction of sp³-hybridized carbons (Fsp3) is 0.250. The van der Waals surface area contributed by atoms with Crippen LogP contribution in [0.5, 0.6) is 0 Å². The van der Waals surface area contributed by atoms with E-state index in [9.17, 15) is 5.11 Å². The molecule has 0 saturated carbocycles. The third-order valence-corrected chi connectivity index (χ3v) is 2.64. The Morgan fingerprint density at radius 1 is 1.29 bits per heavy atom. The molecule has 1 unspecified atom stereocenters. The van der Waals surface area contributed by atoms with Crippen molar-refractivity contribution in [2.45, 2.75) is 6.10 Å². The van der Waals surface area contributed by atoms with Crippen molar-refractivity contribution in [1.29, 1.82) is 0 Å². The number of para-hydroxylation sites is 1. The first-order valence-corrected chi connectivity index (χ1v) is 5.66. The van der Waals surface area contributed by atoms with Crippen molar-refractivity contribution >= 4 is 28.2 Å². The summed E-state index contributed by atoms with van der Waals surface area (Å²) in [6.45, 7) is -0.00421. The van der Waals surface area contributed by atoms with E-state index in [0.717, 1.165) is 16.6 Å². The summed E-state index contributed by atoms with van der Waals surface area (Å²) >= 11 is 5.85. The number of nitrogens with one attached hydrogen (secondary N) is 1. The molecule has 1 atom stereocenters. The molecule has 4 nitrogen and oxygen atoms in total. The smallest absolute Gasteiger partial charge is 0.129 e. The molecule has 0 radical (unpaired) electrons. The molecule has 0 saturated heterocycles. The molecule has 0 amide bonds. The van der Waals surface area contributed by atoms with Crippen molar-refractivity contribution in [3.8, 4) is 0 Å². The van der Waals surface area contributed by atoms with Gasteiger partial charge in [-0.15, -0.1) is 0 Å². The monoisotopic (exact) mass is 252 g/mol. The molecular weight excluding hydrogens is 240 g/mol. The summed E-state index contributed by atoms with van der Waals surface area (Å²) in [5.74, 6) is 0. The van der Waals surface area contributed by atoms with Crippen LogP contribution in [0.3, 0.4) is 0 Å². The molecule has 0 aliphatic rings. The van der Waals surface area contributed by atoms with Crippen LogP contribution in [-0.4, -0.2) is 34.5 Å². The van der Waals surface area contributed by atoms with Crippen molar-refractivity contribution in [1.82, 2.24) is 4.98 Å². The van der Waals surface area contributed by atoms with Gasteiger partial charge in [-0.1, -0.05) is 23.7 Å². The maximum Gasteiger partial charge on any atom is 0.129 e. The Kier molecular flexibility index (Phi) is 3.78. The zero-order chi connectivity index (χ0) is 12.3. The molecule has 0 bridgehead atoms. The number of anilines is 1. The van der Waals surface area contributed by atoms with Gasteiger partial charge in [-0.2, -0.15) is 0 Å². The minimum atomic E-state index is -0.788. The highest BCUT2D eigenvalue weighted by Crippen LogP contribution is 2.23. The van der Waals surface area contributed by atoms with Crippen molar-refractivity contribution in [3.05, 3.63) is 35.5 Å². The molecule has 2 aromatic rings. The maximum atomic E-state index is 9.29. The van der Waals surface area contributed by atoms with Gasteiger partial charge in [0.1, 0.15) is 5.15 Å². The van der Waals surface area contributed by atoms with E-state index in [0.29, 0.717) is 5.15 Å². The average Bonchev–Trinajstić information content (AvgIpc) is 2.35. The molecular formula is C12H13ClN2O2. The molecule has 0 spiro atoms. The van der Waals surface area contributed by atoms with Gasteiger partial charge in [-0.25, -0.2) is 4.98 Å². The molecule has 1 aromatic heterocycles. The molecule has 1 aromatic carbocycles. The molecule has 90 valence electrons. The summed E-state index contributed by atoms with van der Waals surface area (Å²) in [4.78, 5) is 4.24. The van der Waals surface area contributed by atoms with Gasteiger partial charge in [-0.3, -0.25) is 0 Å². The molecule has 1 heterocycles. The lowest BCUT2D eigenvalue weighted by molar-refractivity contribution is 0.105. The molecule has 0 fully saturated rings. The lowest BCUT2D eigenvalue weighted by Crippen LogP contribution is -2.23. The Balaban J connectivity index is 2.30. The Hall–Kier alpha value is -1.36. The van der Waals surface area contributed by atoms with Crippen molar-refractivity contribution in [3.63, 3.8) is 0 Å². The van der Waals surface area contributed by atoms with Crippen molar-refractivity contribution in [2.75, 3.05) is 18.5 Å². The largest absolute Gasteiger partial charge is 0.394 e. The van der Waals surface area contributed by atoms with Gasteiger partial charge in [0.05, 0.1) is 23.9 Å². The lowest BCUT2D eigenvalue weighted by Gasteiger charge is -2.11. The number of hydrogen-bond acceptors (Lipinski definition) is 4. The second-order valence-electron chi connectivity index (χ2n) is 3.73. The summed E-state index contributed by atoms with van der Waals surface area (Å²) < 4.78 is 0. The summed E-state index contributed by atoms with van der Waals surface area (Å²) in [5, 5.41) is 22.5. The highest BCUT2D eigenvalue weighted by Gasteiger charge is 2.05. The SMILES string of the molecule is OCC(O)CNc1cccc2ccc(Cl)nc12. The number of aliphatic hydroxyl groups excluding tert-OH is 2. The summed E-state index contributed by atoms with van der Waals surface area (Å²) in [6, 6.07) is 9.31. The summed E-state index contributed by atoms with van der Waals surface area (Å²) in [5.41, 5.74) is 1.54. The number of rotatable bonds is 4. The van der Waals surface area contributed by atoms with Gasteiger partial charge in [0.2, 0.25) is 0 Å². The summed E-state index contributed by atoms with van der Waals surface area (Å²) in [6.07, 6.45) is -0.788. The van der Waals surface area contributed by atoms with Crippen LogP contribution in [-0.2, 0) is 0 Å². The van der Waals surface area contributed by atoms with E-state index in [1.54, 1.807) is 6.07 Å². The van der Waals surface area contributed by atoms with E-state index >= 15 is 0 Å². The van der Waals surface area contributed by atoms with Gasteiger partial charge in [0.15, 0.2) is 0 Å². The first kappa shape index (κ1) is 12.1. The Morgan fingerprint density at radius 2 is 2.12 bits per heavy atom. The topological polar surface area (TPSA) is 65.4 Å². The molecule has 0 aliphatic carbocycles. The number of hydrogen-bond donors (Lipinski definition) is 3. The standard InChI is InChI=1S/C12H13ClN2O2/c13-11-5-4-8-2-1-3-10(12(8)15-11)14-6-9(17)7-16/h1-5,9,14,16-17H,6-7H2. The first-order valence-electron chi connectivity index (χ1n) is 5.29. The zero-order valence-corrected chi connectivity index (χ0v) is 9.85. The number of pyridine rings is 1. The Bertz CT molecular complexity index is 519. The van der Waals surface area contributed by atoms with Crippen LogP contribution in [0.1, 0.15) is 0 Å². The van der Waals surface area contributed by atoms with Crippen LogP contribution >= 0.6 is 11.6 Å². The predicted molar refractivity (Wildman–Crippen MR) is 68.3 cm³/mol. The fourth-order valence-corrected chi connectivity index (χ4v) is 1.71. The number of aliphatic hydroxyl groups is 2. The van der Waals surface area contributed by atoms with Crippen LogP contribution in [0.2, 0.25) is 5.15 Å². The molecule has 2 rings (SSSR count). The predicted octanol–water partition coefficient (Wildman–Crippen LogP) is 1.65. The maximum absolute atomic E-state index is 9.29. The average molecular weight is 253 g/mol. The highest BCUT2D eigenvalue weighted by atomic mass is 35.5. The number of halogens is 1. The van der Waals surface area contributed by atoms with E-state index in [2.05, 4.69) is 10.3 Å². The van der Waals surface area contributed by atoms with Crippen LogP contribution in [0.15, 0.2) is 30.3 Å². The van der Waals surface area contributed by atoms with Crippen LogP contribution in [0.25, 0.3) is 10.9 Å². The van der Waals surface area contributed by atoms with Crippen LogP contribution in [0, 0.1) is 0 Å². The van der Waals surface area contributed by atoms with Gasteiger partial charge in [0, 0.05) is 11.9 Å². The van der Waals surface area contributed by atoms with E-state index in [1.165, 1.54) is 0 Å². The number of fused-ring (bicyclic) bond motifs is 1.